The minimum absolute atomic E-state index is 0.0214. The Hall–Kier alpha value is -3.58. The van der Waals surface area contributed by atoms with Gasteiger partial charge in [0.2, 0.25) is 5.95 Å². The fraction of sp³-hybridized carbons (Fsp3) is 0.280. The van der Waals surface area contributed by atoms with Crippen LogP contribution in [0.15, 0.2) is 60.7 Å². The minimum atomic E-state index is -0.0214. The normalized spacial score (nSPS) is 14.3. The first kappa shape index (κ1) is 20.3. The van der Waals surface area contributed by atoms with Gasteiger partial charge in [0.05, 0.1) is 12.3 Å². The van der Waals surface area contributed by atoms with E-state index in [4.69, 9.17) is 20.3 Å². The molecule has 0 aliphatic carbocycles. The molecule has 5 rings (SSSR count). The predicted octanol–water partition coefficient (Wildman–Crippen LogP) is 4.58. The molecule has 2 aromatic carbocycles. The molecule has 1 aliphatic heterocycles. The highest BCUT2D eigenvalue weighted by Gasteiger charge is 2.13. The van der Waals surface area contributed by atoms with Crippen molar-refractivity contribution in [2.75, 3.05) is 18.5 Å². The molecule has 0 saturated carbocycles. The highest BCUT2D eigenvalue weighted by atomic mass is 16.5. The minimum Gasteiger partial charge on any atom is -0.493 e. The summed E-state index contributed by atoms with van der Waals surface area (Å²) in [6.45, 7) is 3.21. The van der Waals surface area contributed by atoms with E-state index in [0.717, 1.165) is 60.0 Å². The van der Waals surface area contributed by atoms with Crippen LogP contribution in [0.25, 0.3) is 16.9 Å². The van der Waals surface area contributed by atoms with Crippen molar-refractivity contribution in [3.63, 3.8) is 0 Å². The molecule has 7 heteroatoms. The lowest BCUT2D eigenvalue weighted by Gasteiger charge is -2.12. The van der Waals surface area contributed by atoms with Crippen molar-refractivity contribution in [3.05, 3.63) is 66.2 Å². The number of nitrogens with one attached hydrogen (secondary N) is 1. The summed E-state index contributed by atoms with van der Waals surface area (Å²) in [7, 11) is 0. The van der Waals surface area contributed by atoms with E-state index in [0.29, 0.717) is 12.5 Å². The Labute approximate surface area is 187 Å². The molecule has 0 saturated heterocycles. The van der Waals surface area contributed by atoms with E-state index < -0.39 is 0 Å². The molecule has 164 valence electrons. The molecular formula is C25H27N5O2. The maximum atomic E-state index is 5.87. The van der Waals surface area contributed by atoms with Gasteiger partial charge in [-0.05, 0) is 86.3 Å². The lowest BCUT2D eigenvalue weighted by Crippen LogP contribution is -2.22. The highest BCUT2D eigenvalue weighted by molar-refractivity contribution is 5.66. The third-order valence-electron chi connectivity index (χ3n) is 5.59. The fourth-order valence-electron chi connectivity index (χ4n) is 3.88. The quantitative estimate of drug-likeness (QED) is 0.467. The second kappa shape index (κ2) is 8.88. The molecule has 2 aromatic heterocycles. The molecule has 0 spiro atoms. The second-order valence-corrected chi connectivity index (χ2v) is 8.06. The average molecular weight is 430 g/mol. The van der Waals surface area contributed by atoms with Crippen molar-refractivity contribution in [1.29, 1.82) is 0 Å². The Bertz CT molecular complexity index is 1220. The first-order valence-corrected chi connectivity index (χ1v) is 11.1. The van der Waals surface area contributed by atoms with Gasteiger partial charge >= 0.3 is 0 Å². The number of hydrogen-bond acceptors (Lipinski definition) is 6. The first-order valence-electron chi connectivity index (χ1n) is 11.1. The molecule has 32 heavy (non-hydrogen) atoms. The van der Waals surface area contributed by atoms with Crippen LogP contribution >= 0.6 is 0 Å². The zero-order valence-corrected chi connectivity index (χ0v) is 18.1. The third kappa shape index (κ3) is 4.24. The number of fused-ring (bicyclic) bond motifs is 2. The van der Waals surface area contributed by atoms with Gasteiger partial charge in [0.15, 0.2) is 5.65 Å². The van der Waals surface area contributed by atoms with Gasteiger partial charge in [-0.1, -0.05) is 6.07 Å². The molecule has 0 amide bonds. The molecule has 4 aromatic rings. The van der Waals surface area contributed by atoms with Gasteiger partial charge < -0.3 is 20.5 Å². The molecule has 0 bridgehead atoms. The van der Waals surface area contributed by atoms with Crippen LogP contribution in [0.2, 0.25) is 0 Å². The van der Waals surface area contributed by atoms with Gasteiger partial charge in [0, 0.05) is 17.8 Å². The van der Waals surface area contributed by atoms with Crippen molar-refractivity contribution in [3.8, 4) is 22.8 Å². The van der Waals surface area contributed by atoms with Gasteiger partial charge in [-0.15, -0.1) is 5.10 Å². The predicted molar refractivity (Wildman–Crippen MR) is 126 cm³/mol. The van der Waals surface area contributed by atoms with Crippen LogP contribution in [-0.2, 0) is 6.42 Å². The smallest absolute Gasteiger partial charge is 0.247 e. The largest absolute Gasteiger partial charge is 0.493 e. The van der Waals surface area contributed by atoms with Gasteiger partial charge in [-0.3, -0.25) is 0 Å². The van der Waals surface area contributed by atoms with E-state index in [2.05, 4.69) is 34.6 Å². The Kier molecular flexibility index (Phi) is 5.64. The summed E-state index contributed by atoms with van der Waals surface area (Å²) >= 11 is 0. The summed E-state index contributed by atoms with van der Waals surface area (Å²) in [5.74, 6) is 2.32. The Balaban J connectivity index is 1.41. The molecule has 3 N–H and O–H groups in total. The highest BCUT2D eigenvalue weighted by Crippen LogP contribution is 2.30. The van der Waals surface area contributed by atoms with Crippen molar-refractivity contribution >= 4 is 17.3 Å². The number of aromatic nitrogens is 3. The van der Waals surface area contributed by atoms with Crippen LogP contribution in [-0.4, -0.2) is 33.9 Å². The fourth-order valence-corrected chi connectivity index (χ4v) is 3.88. The van der Waals surface area contributed by atoms with E-state index in [-0.39, 0.29) is 6.10 Å². The second-order valence-electron chi connectivity index (χ2n) is 8.06. The standard InChI is InChI=1S/C25H27N5O2/c1-17(16-26)32-21-11-9-20(10-12-21)27-25-28-24-7-4-6-22(30(24)29-25)18-8-13-23-19(15-18)5-2-3-14-31-23/h4,6-13,15,17H,2-3,5,14,16,26H2,1H3,(H,27,29)/t17-/m0/s1. The zero-order valence-electron chi connectivity index (χ0n) is 18.1. The van der Waals surface area contributed by atoms with Gasteiger partial charge in [-0.25, -0.2) is 4.52 Å². The number of ether oxygens (including phenoxy) is 2. The number of rotatable bonds is 6. The number of hydrogen-bond donors (Lipinski definition) is 2. The zero-order chi connectivity index (χ0) is 21.9. The summed E-state index contributed by atoms with van der Waals surface area (Å²) in [6.07, 6.45) is 3.25. The first-order chi connectivity index (χ1) is 15.7. The number of nitrogens with zero attached hydrogens (tertiary/aromatic N) is 3. The van der Waals surface area contributed by atoms with Crippen LogP contribution in [0.3, 0.4) is 0 Å². The maximum Gasteiger partial charge on any atom is 0.247 e. The summed E-state index contributed by atoms with van der Waals surface area (Å²) in [5.41, 5.74) is 10.6. The molecule has 0 radical (unpaired) electrons. The van der Waals surface area contributed by atoms with Crippen molar-refractivity contribution in [1.82, 2.24) is 14.6 Å². The lowest BCUT2D eigenvalue weighted by atomic mass is 10.0. The Morgan fingerprint density at radius 1 is 1.12 bits per heavy atom. The molecule has 1 aliphatic rings. The van der Waals surface area contributed by atoms with E-state index in [9.17, 15) is 0 Å². The summed E-state index contributed by atoms with van der Waals surface area (Å²) in [6, 6.07) is 20.1. The average Bonchev–Trinajstić information content (AvgIpc) is 3.08. The number of aryl methyl sites for hydroxylation is 1. The van der Waals surface area contributed by atoms with Crippen LogP contribution in [0.5, 0.6) is 11.5 Å². The lowest BCUT2D eigenvalue weighted by molar-refractivity contribution is 0.230. The number of pyridine rings is 1. The van der Waals surface area contributed by atoms with Crippen LogP contribution in [0.4, 0.5) is 11.6 Å². The summed E-state index contributed by atoms with van der Waals surface area (Å²) in [4.78, 5) is 4.65. The summed E-state index contributed by atoms with van der Waals surface area (Å²) < 4.78 is 13.5. The molecule has 1 atom stereocenters. The van der Waals surface area contributed by atoms with Gasteiger partial charge in [-0.2, -0.15) is 4.98 Å². The topological polar surface area (TPSA) is 86.7 Å². The number of benzene rings is 2. The Morgan fingerprint density at radius 2 is 2.00 bits per heavy atom. The molecule has 0 unspecified atom stereocenters. The van der Waals surface area contributed by atoms with E-state index in [1.54, 1.807) is 0 Å². The Morgan fingerprint density at radius 3 is 2.84 bits per heavy atom. The van der Waals surface area contributed by atoms with Crippen molar-refractivity contribution in [2.45, 2.75) is 32.3 Å². The summed E-state index contributed by atoms with van der Waals surface area (Å²) in [5, 5.41) is 8.00. The third-order valence-corrected chi connectivity index (χ3v) is 5.59. The SMILES string of the molecule is C[C@@H](CN)Oc1ccc(Nc2nc3cccc(-c4ccc5c(c4)CCCCO5)n3n2)cc1. The number of anilines is 2. The molecule has 7 nitrogen and oxygen atoms in total. The van der Waals surface area contributed by atoms with E-state index in [1.807, 2.05) is 47.8 Å². The van der Waals surface area contributed by atoms with E-state index >= 15 is 0 Å². The van der Waals surface area contributed by atoms with Crippen molar-refractivity contribution < 1.29 is 9.47 Å². The number of nitrogens with two attached hydrogens (primary N) is 1. The molecule has 3 heterocycles. The molecular weight excluding hydrogens is 402 g/mol. The van der Waals surface area contributed by atoms with E-state index in [1.165, 1.54) is 5.56 Å². The molecule has 0 fully saturated rings. The van der Waals surface area contributed by atoms with Crippen LogP contribution in [0, 0.1) is 0 Å². The monoisotopic (exact) mass is 429 g/mol. The van der Waals surface area contributed by atoms with Crippen LogP contribution in [0.1, 0.15) is 25.3 Å². The van der Waals surface area contributed by atoms with Gasteiger partial charge in [0.25, 0.3) is 0 Å². The van der Waals surface area contributed by atoms with Gasteiger partial charge in [0.1, 0.15) is 17.6 Å². The van der Waals surface area contributed by atoms with Crippen LogP contribution < -0.4 is 20.5 Å². The maximum absolute atomic E-state index is 5.87. The van der Waals surface area contributed by atoms with Crippen molar-refractivity contribution in [2.24, 2.45) is 5.73 Å².